The minimum absolute atomic E-state index is 1.66. The molecule has 3 heteroatoms. The van der Waals surface area contributed by atoms with Crippen molar-refractivity contribution in [2.45, 2.75) is 34.5 Å². The molecule has 1 nitrogen and oxygen atoms in total. The van der Waals surface area contributed by atoms with Gasteiger partial charge in [-0.1, -0.05) is 0 Å². The van der Waals surface area contributed by atoms with Crippen molar-refractivity contribution in [3.63, 3.8) is 0 Å². The third-order valence-electron chi connectivity index (χ3n) is 0.612. The molecule has 0 aliphatic rings. The van der Waals surface area contributed by atoms with Gasteiger partial charge in [-0.3, -0.25) is 0 Å². The zero-order valence-corrected chi connectivity index (χ0v) is 11.6. The first-order valence-corrected chi connectivity index (χ1v) is 17.7. The van der Waals surface area contributed by atoms with Crippen molar-refractivity contribution in [3.8, 4) is 0 Å². The van der Waals surface area contributed by atoms with E-state index in [1.165, 1.54) is 0 Å². The Labute approximate surface area is 64.6 Å². The summed E-state index contributed by atoms with van der Waals surface area (Å²) in [6.45, 7) is 0. The monoisotopic (exact) mass is 254 g/mol. The second kappa shape index (κ2) is 2.97. The van der Waals surface area contributed by atoms with E-state index in [4.69, 9.17) is 2.79 Å². The summed E-state index contributed by atoms with van der Waals surface area (Å²) in [5.74, 6) is 13.8. The van der Waals surface area contributed by atoms with Crippen molar-refractivity contribution in [2.24, 2.45) is 0 Å². The first kappa shape index (κ1) is 10.0. The Bertz CT molecular complexity index is 76.2. The fraction of sp³-hybridized carbons (Fsp3) is 1.00. The zero-order valence-electron chi connectivity index (χ0n) is 7.41. The summed E-state index contributed by atoms with van der Waals surface area (Å²) in [7, 11) is 0. The summed E-state index contributed by atoms with van der Waals surface area (Å²) < 4.78 is 6.00. The Morgan fingerprint density at radius 1 is 0.667 bits per heavy atom. The summed E-state index contributed by atoms with van der Waals surface area (Å²) in [5, 5.41) is 0. The molecular weight excluding hydrogens is 233 g/mol. The second-order valence-corrected chi connectivity index (χ2v) is 24.7. The van der Waals surface area contributed by atoms with Gasteiger partial charge in [0.2, 0.25) is 0 Å². The van der Waals surface area contributed by atoms with Crippen LogP contribution in [0.5, 0.6) is 0 Å². The molecule has 0 aliphatic heterocycles. The number of hydrogen-bond acceptors (Lipinski definition) is 1. The molecule has 0 aromatic carbocycles. The van der Waals surface area contributed by atoms with Crippen LogP contribution in [-0.2, 0) is 2.79 Å². The SMILES string of the molecule is [CH3][Ge]([CH3])([CH3])[O][Ge]([CH3])([CH3])[CH3]. The quantitative estimate of drug-likeness (QED) is 0.686. The molecule has 0 atom stereocenters. The molecule has 0 bridgehead atoms. The normalized spacial score (nSPS) is 14.0. The summed E-state index contributed by atoms with van der Waals surface area (Å²) in [5.41, 5.74) is 0. The van der Waals surface area contributed by atoms with Gasteiger partial charge in [0.1, 0.15) is 0 Å². The van der Waals surface area contributed by atoms with E-state index in [0.29, 0.717) is 0 Å². The molecule has 56 valence electrons. The van der Waals surface area contributed by atoms with Gasteiger partial charge in [-0.2, -0.15) is 0 Å². The van der Waals surface area contributed by atoms with Crippen molar-refractivity contribution in [1.29, 1.82) is 0 Å². The van der Waals surface area contributed by atoms with E-state index in [1.54, 1.807) is 0 Å². The molecule has 0 saturated heterocycles. The van der Waals surface area contributed by atoms with Crippen molar-refractivity contribution in [3.05, 3.63) is 0 Å². The molecule has 0 rings (SSSR count). The van der Waals surface area contributed by atoms with Crippen LogP contribution in [-0.4, -0.2) is 27.2 Å². The van der Waals surface area contributed by atoms with E-state index >= 15 is 0 Å². The van der Waals surface area contributed by atoms with E-state index in [-0.39, 0.29) is 0 Å². The topological polar surface area (TPSA) is 9.23 Å². The van der Waals surface area contributed by atoms with Gasteiger partial charge in [0.15, 0.2) is 0 Å². The van der Waals surface area contributed by atoms with Crippen LogP contribution in [0.2, 0.25) is 34.5 Å². The third-order valence-corrected chi connectivity index (χ3v) is 16.5. The van der Waals surface area contributed by atoms with Gasteiger partial charge in [0, 0.05) is 0 Å². The fourth-order valence-electron chi connectivity index (χ4n) is 0.919. The Hall–Kier alpha value is 1.05. The second-order valence-electron chi connectivity index (χ2n) is 4.33. The first-order chi connectivity index (χ1) is 3.71. The average molecular weight is 251 g/mol. The number of hydrogen-bond donors (Lipinski definition) is 0. The van der Waals surface area contributed by atoms with Crippen molar-refractivity contribution < 1.29 is 2.79 Å². The van der Waals surface area contributed by atoms with Gasteiger partial charge in [-0.25, -0.2) is 0 Å². The molecule has 0 radical (unpaired) electrons. The third kappa shape index (κ3) is 9.05. The summed E-state index contributed by atoms with van der Waals surface area (Å²) >= 11 is -3.31. The molecule has 0 spiro atoms. The molecule has 0 fully saturated rings. The van der Waals surface area contributed by atoms with Gasteiger partial charge in [0.05, 0.1) is 0 Å². The van der Waals surface area contributed by atoms with Crippen LogP contribution in [0.15, 0.2) is 0 Å². The Morgan fingerprint density at radius 3 is 0.889 bits per heavy atom. The van der Waals surface area contributed by atoms with E-state index in [2.05, 4.69) is 34.5 Å². The van der Waals surface area contributed by atoms with Crippen molar-refractivity contribution in [1.82, 2.24) is 0 Å². The van der Waals surface area contributed by atoms with Gasteiger partial charge in [0.25, 0.3) is 0 Å². The Morgan fingerprint density at radius 2 is 0.889 bits per heavy atom. The van der Waals surface area contributed by atoms with Gasteiger partial charge >= 0.3 is 64.5 Å². The standard InChI is InChI=1S/C6H18Ge2O/c1-7(2,3)9-8(4,5)6/h1-6H3. The Balaban J connectivity index is 3.75. The van der Waals surface area contributed by atoms with Crippen LogP contribution in [0.25, 0.3) is 0 Å². The molecule has 0 aliphatic carbocycles. The summed E-state index contributed by atoms with van der Waals surface area (Å²) in [6, 6.07) is 0. The average Bonchev–Trinajstić information content (AvgIpc) is 1.14. The van der Waals surface area contributed by atoms with E-state index in [0.717, 1.165) is 0 Å². The first-order valence-electron chi connectivity index (χ1n) is 3.41. The van der Waals surface area contributed by atoms with E-state index in [1.807, 2.05) is 0 Å². The molecule has 9 heavy (non-hydrogen) atoms. The van der Waals surface area contributed by atoms with Gasteiger partial charge in [-0.05, 0) is 0 Å². The maximum atomic E-state index is 6.00. The number of rotatable bonds is 2. The fourth-order valence-corrected chi connectivity index (χ4v) is 24.8. The van der Waals surface area contributed by atoms with Crippen molar-refractivity contribution in [2.75, 3.05) is 0 Å². The molecular formula is C6H18Ge2O. The summed E-state index contributed by atoms with van der Waals surface area (Å²) in [6.07, 6.45) is 0. The predicted octanol–water partition coefficient (Wildman–Crippen LogP) is 2.67. The predicted molar refractivity (Wildman–Crippen MR) is 47.8 cm³/mol. The van der Waals surface area contributed by atoms with Crippen LogP contribution in [0.4, 0.5) is 0 Å². The summed E-state index contributed by atoms with van der Waals surface area (Å²) in [4.78, 5) is 0. The van der Waals surface area contributed by atoms with Gasteiger partial charge < -0.3 is 0 Å². The molecule has 0 N–H and O–H groups in total. The van der Waals surface area contributed by atoms with Crippen LogP contribution in [0, 0.1) is 0 Å². The van der Waals surface area contributed by atoms with Crippen LogP contribution >= 0.6 is 0 Å². The molecule has 0 aromatic rings. The maximum absolute atomic E-state index is 6.00. The molecule has 0 heterocycles. The Kier molecular flexibility index (Phi) is 3.31. The molecule has 0 aromatic heterocycles. The zero-order chi connectivity index (χ0) is 7.71. The van der Waals surface area contributed by atoms with E-state index in [9.17, 15) is 0 Å². The minimum atomic E-state index is -1.66. The van der Waals surface area contributed by atoms with Crippen molar-refractivity contribution >= 4 is 27.2 Å². The van der Waals surface area contributed by atoms with Crippen LogP contribution in [0.1, 0.15) is 0 Å². The van der Waals surface area contributed by atoms with Gasteiger partial charge in [-0.15, -0.1) is 0 Å². The molecule has 0 unspecified atom stereocenters. The van der Waals surface area contributed by atoms with Crippen LogP contribution in [0.3, 0.4) is 0 Å². The molecule has 0 amide bonds. The van der Waals surface area contributed by atoms with Crippen LogP contribution < -0.4 is 0 Å². The molecule has 0 saturated carbocycles. The van der Waals surface area contributed by atoms with E-state index < -0.39 is 27.2 Å².